The van der Waals surface area contributed by atoms with Gasteiger partial charge in [-0.05, 0) is 71.3 Å². The van der Waals surface area contributed by atoms with Crippen LogP contribution in [0.5, 0.6) is 11.5 Å². The van der Waals surface area contributed by atoms with Crippen molar-refractivity contribution in [2.45, 2.75) is 17.7 Å². The minimum absolute atomic E-state index is 0.245. The van der Waals surface area contributed by atoms with Crippen LogP contribution in [0, 0.1) is 3.57 Å². The number of ether oxygens (including phenoxy) is 2. The van der Waals surface area contributed by atoms with Crippen LogP contribution >= 0.6 is 22.6 Å². The van der Waals surface area contributed by atoms with E-state index in [2.05, 4.69) is 27.3 Å². The normalized spacial score (nSPS) is 11.3. The molecule has 0 atom stereocenters. The fraction of sp³-hybridized carbons (Fsp3) is 0.294. The van der Waals surface area contributed by atoms with Gasteiger partial charge in [-0.25, -0.2) is 13.1 Å². The molecule has 24 heavy (non-hydrogen) atoms. The molecular weight excluding hydrogens is 441 g/mol. The molecule has 0 unspecified atom stereocenters. The molecular formula is C17H20INO4S. The van der Waals surface area contributed by atoms with Gasteiger partial charge in [0.1, 0.15) is 11.5 Å². The number of sulfonamides is 1. The van der Waals surface area contributed by atoms with Crippen molar-refractivity contribution < 1.29 is 17.9 Å². The second kappa shape index (κ2) is 8.68. The Hall–Kier alpha value is -1.32. The van der Waals surface area contributed by atoms with Gasteiger partial charge < -0.3 is 9.47 Å². The first kappa shape index (κ1) is 19.0. The van der Waals surface area contributed by atoms with Gasteiger partial charge in [-0.15, -0.1) is 0 Å². The third-order valence-electron chi connectivity index (χ3n) is 3.50. The summed E-state index contributed by atoms with van der Waals surface area (Å²) in [5.74, 6) is 1.47. The van der Waals surface area contributed by atoms with Crippen LogP contribution in [0.3, 0.4) is 0 Å². The molecule has 5 nitrogen and oxygen atoms in total. The summed E-state index contributed by atoms with van der Waals surface area (Å²) in [6.07, 6.45) is 1.49. The second-order valence-electron chi connectivity index (χ2n) is 5.15. The summed E-state index contributed by atoms with van der Waals surface area (Å²) in [6.45, 7) is 0.377. The SMILES string of the molecule is COc1cccc(CCCNS(=O)(=O)c2ccc(OC)c(I)c2)c1. The van der Waals surface area contributed by atoms with E-state index in [1.54, 1.807) is 32.4 Å². The Morgan fingerprint density at radius 1 is 1.08 bits per heavy atom. The first-order valence-electron chi connectivity index (χ1n) is 7.42. The van der Waals surface area contributed by atoms with Gasteiger partial charge in [-0.1, -0.05) is 12.1 Å². The molecule has 2 aromatic carbocycles. The highest BCUT2D eigenvalue weighted by Crippen LogP contribution is 2.23. The number of rotatable bonds is 8. The molecule has 0 saturated heterocycles. The zero-order chi connectivity index (χ0) is 17.6. The van der Waals surface area contributed by atoms with Crippen molar-refractivity contribution in [1.29, 1.82) is 0 Å². The highest BCUT2D eigenvalue weighted by molar-refractivity contribution is 14.1. The van der Waals surface area contributed by atoms with Crippen LogP contribution in [0.25, 0.3) is 0 Å². The number of nitrogens with one attached hydrogen (secondary N) is 1. The molecule has 0 spiro atoms. The van der Waals surface area contributed by atoms with Crippen LogP contribution in [0.1, 0.15) is 12.0 Å². The van der Waals surface area contributed by atoms with E-state index in [4.69, 9.17) is 9.47 Å². The van der Waals surface area contributed by atoms with Crippen LogP contribution < -0.4 is 14.2 Å². The van der Waals surface area contributed by atoms with E-state index in [1.807, 2.05) is 24.3 Å². The van der Waals surface area contributed by atoms with E-state index in [0.29, 0.717) is 18.7 Å². The van der Waals surface area contributed by atoms with Gasteiger partial charge in [0, 0.05) is 6.54 Å². The zero-order valence-electron chi connectivity index (χ0n) is 13.6. The summed E-state index contributed by atoms with van der Waals surface area (Å²) < 4.78 is 38.4. The molecule has 0 amide bonds. The molecule has 0 aliphatic carbocycles. The topological polar surface area (TPSA) is 64.6 Å². The number of halogens is 1. The lowest BCUT2D eigenvalue weighted by atomic mass is 10.1. The number of hydrogen-bond donors (Lipinski definition) is 1. The lowest BCUT2D eigenvalue weighted by molar-refractivity contribution is 0.411. The lowest BCUT2D eigenvalue weighted by Gasteiger charge is -2.09. The molecule has 1 N–H and O–H groups in total. The zero-order valence-corrected chi connectivity index (χ0v) is 16.6. The third kappa shape index (κ3) is 5.09. The standard InChI is InChI=1S/C17H20INO4S/c1-22-14-7-3-5-13(11-14)6-4-10-19-24(20,21)15-8-9-17(23-2)16(18)12-15/h3,5,7-9,11-12,19H,4,6,10H2,1-2H3. The third-order valence-corrected chi connectivity index (χ3v) is 5.80. The molecule has 0 saturated carbocycles. The molecule has 2 rings (SSSR count). The fourth-order valence-electron chi connectivity index (χ4n) is 2.22. The Labute approximate surface area is 156 Å². The molecule has 0 aromatic heterocycles. The van der Waals surface area contributed by atoms with E-state index in [0.717, 1.165) is 21.3 Å². The summed E-state index contributed by atoms with van der Waals surface area (Å²) in [5, 5.41) is 0. The van der Waals surface area contributed by atoms with E-state index in [1.165, 1.54) is 0 Å². The summed E-state index contributed by atoms with van der Waals surface area (Å²) in [5.41, 5.74) is 1.12. The fourth-order valence-corrected chi connectivity index (χ4v) is 4.27. The molecule has 0 radical (unpaired) electrons. The van der Waals surface area contributed by atoms with Gasteiger partial charge >= 0.3 is 0 Å². The maximum absolute atomic E-state index is 12.3. The maximum atomic E-state index is 12.3. The van der Waals surface area contributed by atoms with Gasteiger partial charge in [0.05, 0.1) is 22.7 Å². The number of aryl methyl sites for hydroxylation is 1. The molecule has 0 fully saturated rings. The minimum Gasteiger partial charge on any atom is -0.497 e. The molecule has 2 aromatic rings. The highest BCUT2D eigenvalue weighted by Gasteiger charge is 2.15. The van der Waals surface area contributed by atoms with Crippen molar-refractivity contribution in [3.63, 3.8) is 0 Å². The average Bonchev–Trinajstić information content (AvgIpc) is 2.59. The smallest absolute Gasteiger partial charge is 0.240 e. The largest absolute Gasteiger partial charge is 0.497 e. The summed E-state index contributed by atoms with van der Waals surface area (Å²) >= 11 is 2.06. The Balaban J connectivity index is 1.92. The predicted molar refractivity (Wildman–Crippen MR) is 102 cm³/mol. The van der Waals surface area contributed by atoms with Crippen LogP contribution in [-0.2, 0) is 16.4 Å². The van der Waals surface area contributed by atoms with Crippen molar-refractivity contribution in [2.24, 2.45) is 0 Å². The summed E-state index contributed by atoms with van der Waals surface area (Å²) in [4.78, 5) is 0.245. The molecule has 7 heteroatoms. The summed E-state index contributed by atoms with van der Waals surface area (Å²) in [6, 6.07) is 12.6. The Morgan fingerprint density at radius 2 is 1.88 bits per heavy atom. The van der Waals surface area contributed by atoms with Gasteiger partial charge in [0.15, 0.2) is 0 Å². The van der Waals surface area contributed by atoms with E-state index in [-0.39, 0.29) is 4.90 Å². The molecule has 0 aliphatic heterocycles. The van der Waals surface area contributed by atoms with Crippen LogP contribution in [0.15, 0.2) is 47.4 Å². The Kier molecular flexibility index (Phi) is 6.88. The van der Waals surface area contributed by atoms with E-state index < -0.39 is 10.0 Å². The number of benzene rings is 2. The first-order chi connectivity index (χ1) is 11.5. The number of methoxy groups -OCH3 is 2. The maximum Gasteiger partial charge on any atom is 0.240 e. The monoisotopic (exact) mass is 461 g/mol. The number of hydrogen-bond acceptors (Lipinski definition) is 4. The average molecular weight is 461 g/mol. The Morgan fingerprint density at radius 3 is 2.54 bits per heavy atom. The second-order valence-corrected chi connectivity index (χ2v) is 8.08. The van der Waals surface area contributed by atoms with Gasteiger partial charge in [-0.3, -0.25) is 0 Å². The van der Waals surface area contributed by atoms with Crippen molar-refractivity contribution in [3.05, 3.63) is 51.6 Å². The lowest BCUT2D eigenvalue weighted by Crippen LogP contribution is -2.25. The Bertz CT molecular complexity index is 793. The van der Waals surface area contributed by atoms with Crippen molar-refractivity contribution in [2.75, 3.05) is 20.8 Å². The van der Waals surface area contributed by atoms with Crippen LogP contribution in [-0.4, -0.2) is 29.2 Å². The summed E-state index contributed by atoms with van der Waals surface area (Å²) in [7, 11) is -0.324. The molecule has 0 bridgehead atoms. The van der Waals surface area contributed by atoms with Crippen molar-refractivity contribution >= 4 is 32.6 Å². The van der Waals surface area contributed by atoms with Crippen molar-refractivity contribution in [3.8, 4) is 11.5 Å². The van der Waals surface area contributed by atoms with Gasteiger partial charge in [0.25, 0.3) is 0 Å². The highest BCUT2D eigenvalue weighted by atomic mass is 127. The van der Waals surface area contributed by atoms with Gasteiger partial charge in [-0.2, -0.15) is 0 Å². The van der Waals surface area contributed by atoms with Gasteiger partial charge in [0.2, 0.25) is 10.0 Å². The van der Waals surface area contributed by atoms with Crippen LogP contribution in [0.2, 0.25) is 0 Å². The minimum atomic E-state index is -3.51. The van der Waals surface area contributed by atoms with E-state index >= 15 is 0 Å². The molecule has 0 heterocycles. The van der Waals surface area contributed by atoms with E-state index in [9.17, 15) is 8.42 Å². The quantitative estimate of drug-likeness (QED) is 0.485. The van der Waals surface area contributed by atoms with Crippen LogP contribution in [0.4, 0.5) is 0 Å². The van der Waals surface area contributed by atoms with Crippen molar-refractivity contribution in [1.82, 2.24) is 4.72 Å². The molecule has 130 valence electrons. The first-order valence-corrected chi connectivity index (χ1v) is 9.98. The predicted octanol–water partition coefficient (Wildman–Crippen LogP) is 3.22. The molecule has 0 aliphatic rings.